The van der Waals surface area contributed by atoms with E-state index in [9.17, 15) is 4.79 Å². The van der Waals surface area contributed by atoms with Crippen molar-refractivity contribution in [2.45, 2.75) is 25.3 Å². The summed E-state index contributed by atoms with van der Waals surface area (Å²) in [6.07, 6.45) is 14.7. The fraction of sp³-hybridized carbons (Fsp3) is 0.400. The zero-order valence-corrected chi connectivity index (χ0v) is 10.8. The quantitative estimate of drug-likeness (QED) is 0.725. The van der Waals surface area contributed by atoms with Crippen molar-refractivity contribution >= 4 is 5.78 Å². The molecule has 0 aromatic rings. The second kappa shape index (κ2) is 6.36. The number of carbonyl (C=O) groups is 1. The number of hydrogen-bond acceptors (Lipinski definition) is 3. The van der Waals surface area contributed by atoms with Crippen LogP contribution in [0.1, 0.15) is 19.3 Å². The Morgan fingerprint density at radius 1 is 1.17 bits per heavy atom. The van der Waals surface area contributed by atoms with Gasteiger partial charge in [0, 0.05) is 11.3 Å². The maximum atomic E-state index is 12.2. The molecule has 0 bridgehead atoms. The molecule has 0 spiro atoms. The second-order valence-corrected chi connectivity index (χ2v) is 4.59. The van der Waals surface area contributed by atoms with Gasteiger partial charge in [-0.2, -0.15) is 0 Å². The molecule has 0 saturated carbocycles. The summed E-state index contributed by atoms with van der Waals surface area (Å²) in [4.78, 5) is 12.2. The first-order chi connectivity index (χ1) is 8.83. The van der Waals surface area contributed by atoms with Crippen LogP contribution in [-0.4, -0.2) is 25.4 Å². The summed E-state index contributed by atoms with van der Waals surface area (Å²) in [6.45, 7) is 1.01. The van der Waals surface area contributed by atoms with Crippen LogP contribution >= 0.6 is 0 Å². The minimum Gasteiger partial charge on any atom is -0.374 e. The monoisotopic (exact) mass is 244 g/mol. The molecule has 1 unspecified atom stereocenters. The Morgan fingerprint density at radius 3 is 2.72 bits per heavy atom. The number of hydrogen-bond donors (Lipinski definition) is 2. The van der Waals surface area contributed by atoms with Crippen molar-refractivity contribution in [3.05, 3.63) is 47.7 Å². The van der Waals surface area contributed by atoms with Gasteiger partial charge < -0.3 is 10.6 Å². The molecule has 0 saturated heterocycles. The molecule has 1 aliphatic carbocycles. The van der Waals surface area contributed by atoms with Gasteiger partial charge in [0.25, 0.3) is 0 Å². The zero-order chi connectivity index (χ0) is 12.8. The van der Waals surface area contributed by atoms with Crippen molar-refractivity contribution in [2.24, 2.45) is 0 Å². The fourth-order valence-corrected chi connectivity index (χ4v) is 2.25. The maximum absolute atomic E-state index is 12.2. The standard InChI is InChI=1S/C15H20N2O/c1-16-11-7-6-10-14-15(18)12-8-4-2-3-5-9-13(12)17-14/h2-5,8-9,14,16-17H,6-7,10-11H2,1H3/b3-2-,4-2?,5-3?,8-4-,9-5-,12-8?,13-9?. The van der Waals surface area contributed by atoms with Crippen LogP contribution in [0.25, 0.3) is 0 Å². The van der Waals surface area contributed by atoms with E-state index < -0.39 is 0 Å². The summed E-state index contributed by atoms with van der Waals surface area (Å²) in [7, 11) is 1.95. The summed E-state index contributed by atoms with van der Waals surface area (Å²) in [5, 5.41) is 6.45. The van der Waals surface area contributed by atoms with E-state index in [1.54, 1.807) is 0 Å². The van der Waals surface area contributed by atoms with Gasteiger partial charge in [0.05, 0.1) is 6.04 Å². The van der Waals surface area contributed by atoms with Crippen molar-refractivity contribution < 1.29 is 4.79 Å². The van der Waals surface area contributed by atoms with Crippen molar-refractivity contribution in [3.8, 4) is 0 Å². The molecular formula is C15H20N2O. The molecule has 18 heavy (non-hydrogen) atoms. The molecule has 0 fully saturated rings. The van der Waals surface area contributed by atoms with E-state index in [4.69, 9.17) is 0 Å². The highest BCUT2D eigenvalue weighted by atomic mass is 16.1. The number of nitrogens with one attached hydrogen (secondary N) is 2. The van der Waals surface area contributed by atoms with Crippen LogP contribution < -0.4 is 10.6 Å². The second-order valence-electron chi connectivity index (χ2n) is 4.59. The maximum Gasteiger partial charge on any atom is 0.187 e. The van der Waals surface area contributed by atoms with Crippen LogP contribution in [0, 0.1) is 0 Å². The van der Waals surface area contributed by atoms with Crippen molar-refractivity contribution in [3.63, 3.8) is 0 Å². The molecule has 0 aromatic heterocycles. The van der Waals surface area contributed by atoms with E-state index in [2.05, 4.69) is 10.6 Å². The fourth-order valence-electron chi connectivity index (χ4n) is 2.25. The summed E-state index contributed by atoms with van der Waals surface area (Å²) in [6, 6.07) is -0.0424. The lowest BCUT2D eigenvalue weighted by molar-refractivity contribution is -0.116. The van der Waals surface area contributed by atoms with E-state index in [1.165, 1.54) is 0 Å². The smallest absolute Gasteiger partial charge is 0.187 e. The molecule has 1 atom stereocenters. The van der Waals surface area contributed by atoms with Crippen LogP contribution in [0.2, 0.25) is 0 Å². The first-order valence-corrected chi connectivity index (χ1v) is 6.54. The SMILES string of the molecule is CNCCCCC1NC2=C(\C=C/C=C\C=C/2)C1=O. The Balaban J connectivity index is 1.94. The van der Waals surface area contributed by atoms with Gasteiger partial charge in [-0.05, 0) is 45.0 Å². The van der Waals surface area contributed by atoms with E-state index in [0.717, 1.165) is 37.1 Å². The van der Waals surface area contributed by atoms with Gasteiger partial charge in [-0.15, -0.1) is 0 Å². The first kappa shape index (κ1) is 12.8. The summed E-state index contributed by atoms with van der Waals surface area (Å²) in [5.41, 5.74) is 1.77. The average molecular weight is 244 g/mol. The topological polar surface area (TPSA) is 41.1 Å². The minimum atomic E-state index is -0.0424. The summed E-state index contributed by atoms with van der Waals surface area (Å²) in [5.74, 6) is 0.227. The minimum absolute atomic E-state index is 0.0424. The first-order valence-electron chi connectivity index (χ1n) is 6.54. The lowest BCUT2D eigenvalue weighted by Gasteiger charge is -2.10. The molecule has 2 N–H and O–H groups in total. The third-order valence-corrected chi connectivity index (χ3v) is 3.23. The third kappa shape index (κ3) is 2.99. The van der Waals surface area contributed by atoms with Crippen LogP contribution in [0.4, 0.5) is 0 Å². The number of ketones is 1. The number of Topliss-reactive ketones (excluding diaryl/α,β-unsaturated/α-hetero) is 1. The number of unbranched alkanes of at least 4 members (excludes halogenated alkanes) is 1. The van der Waals surface area contributed by atoms with Gasteiger partial charge in [-0.25, -0.2) is 0 Å². The normalized spacial score (nSPS) is 27.2. The molecule has 0 aromatic carbocycles. The van der Waals surface area contributed by atoms with E-state index >= 15 is 0 Å². The van der Waals surface area contributed by atoms with E-state index in [0.29, 0.717) is 0 Å². The van der Waals surface area contributed by atoms with Gasteiger partial charge >= 0.3 is 0 Å². The van der Waals surface area contributed by atoms with E-state index in [-0.39, 0.29) is 11.8 Å². The lowest BCUT2D eigenvalue weighted by atomic mass is 10.0. The van der Waals surface area contributed by atoms with Crippen LogP contribution in [0.3, 0.4) is 0 Å². The van der Waals surface area contributed by atoms with Gasteiger partial charge in [-0.3, -0.25) is 4.79 Å². The molecule has 1 aliphatic heterocycles. The highest BCUT2D eigenvalue weighted by Crippen LogP contribution is 2.21. The zero-order valence-electron chi connectivity index (χ0n) is 10.8. The van der Waals surface area contributed by atoms with Crippen molar-refractivity contribution in [1.82, 2.24) is 10.6 Å². The van der Waals surface area contributed by atoms with Crippen molar-refractivity contribution in [1.29, 1.82) is 0 Å². The summed E-state index contributed by atoms with van der Waals surface area (Å²) >= 11 is 0. The van der Waals surface area contributed by atoms with Crippen LogP contribution in [-0.2, 0) is 4.79 Å². The molecule has 0 radical (unpaired) electrons. The number of carbonyl (C=O) groups excluding carboxylic acids is 1. The van der Waals surface area contributed by atoms with Gasteiger partial charge in [0.15, 0.2) is 5.78 Å². The molecule has 96 valence electrons. The van der Waals surface area contributed by atoms with Crippen LogP contribution in [0.15, 0.2) is 47.7 Å². The predicted molar refractivity (Wildman–Crippen MR) is 74.2 cm³/mol. The molecule has 2 aliphatic rings. The highest BCUT2D eigenvalue weighted by molar-refractivity contribution is 6.05. The molecule has 2 rings (SSSR count). The Bertz CT molecular complexity index is 430. The van der Waals surface area contributed by atoms with Gasteiger partial charge in [0.1, 0.15) is 0 Å². The molecule has 1 heterocycles. The molecule has 3 nitrogen and oxygen atoms in total. The number of allylic oxidation sites excluding steroid dienone is 6. The molecular weight excluding hydrogens is 224 g/mol. The van der Waals surface area contributed by atoms with Crippen LogP contribution in [0.5, 0.6) is 0 Å². The van der Waals surface area contributed by atoms with E-state index in [1.807, 2.05) is 43.5 Å². The third-order valence-electron chi connectivity index (χ3n) is 3.23. The average Bonchev–Trinajstić information content (AvgIpc) is 2.61. The summed E-state index contributed by atoms with van der Waals surface area (Å²) < 4.78 is 0. The Labute approximate surface area is 108 Å². The Morgan fingerprint density at radius 2 is 1.94 bits per heavy atom. The largest absolute Gasteiger partial charge is 0.374 e. The molecule has 3 heteroatoms. The molecule has 0 amide bonds. The van der Waals surface area contributed by atoms with Crippen molar-refractivity contribution in [2.75, 3.05) is 13.6 Å². The highest BCUT2D eigenvalue weighted by Gasteiger charge is 2.29. The van der Waals surface area contributed by atoms with Gasteiger partial charge in [0.2, 0.25) is 0 Å². The Hall–Kier alpha value is -1.61. The van der Waals surface area contributed by atoms with Gasteiger partial charge in [-0.1, -0.05) is 24.3 Å². The lowest BCUT2D eigenvalue weighted by Crippen LogP contribution is -2.28. The predicted octanol–water partition coefficient (Wildman–Crippen LogP) is 1.85. The Kier molecular flexibility index (Phi) is 4.53. The number of rotatable bonds is 5.